The number of ether oxygens (including phenoxy) is 2. The molecule has 0 spiro atoms. The van der Waals surface area contributed by atoms with E-state index in [0.717, 1.165) is 0 Å². The Morgan fingerprint density at radius 1 is 0.904 bits per heavy atom. The third kappa shape index (κ3) is 5.23. The molecule has 12 nitrogen and oxygen atoms in total. The lowest BCUT2D eigenvalue weighted by atomic mass is 9.78. The standard InChI is InChI=1S/C40H41NO11/c1-15(2)21(40(49)50)11-23-22-8-17(5)26(18(6)45)35-34-29(22)32-27(28-20(13-43)10-25(46)31(33(28)34)37(48)38(35)51-7)19(12-42)9-24(30(32)36(23)47)41-39(16(3)4)52-14-44/h8-10,14-16,21,26,39,41-43,48H,11-13H2,1-7H3,(H,49,50). The number of carboxylic acid groups (broad SMARTS) is 1. The van der Waals surface area contributed by atoms with Crippen molar-refractivity contribution < 1.29 is 44.3 Å². The van der Waals surface area contributed by atoms with Crippen LogP contribution in [0.1, 0.15) is 75.3 Å². The molecule has 0 aliphatic heterocycles. The van der Waals surface area contributed by atoms with Crippen molar-refractivity contribution in [1.29, 1.82) is 0 Å². The van der Waals surface area contributed by atoms with Gasteiger partial charge < -0.3 is 35.2 Å². The van der Waals surface area contributed by atoms with Gasteiger partial charge in [0.2, 0.25) is 0 Å². The number of fused-ring (bicyclic) bond motifs is 1. The highest BCUT2D eigenvalue weighted by atomic mass is 16.5. The van der Waals surface area contributed by atoms with E-state index in [9.17, 15) is 39.6 Å². The number of methoxy groups -OCH3 is 1. The van der Waals surface area contributed by atoms with E-state index in [-0.39, 0.29) is 85.7 Å². The molecule has 0 aromatic heterocycles. The summed E-state index contributed by atoms with van der Waals surface area (Å²) in [5, 5.41) is 48.8. The van der Waals surface area contributed by atoms with E-state index in [1.807, 2.05) is 0 Å². The summed E-state index contributed by atoms with van der Waals surface area (Å²) in [5.74, 6) is -4.76. The summed E-state index contributed by atoms with van der Waals surface area (Å²) < 4.78 is 11.1. The lowest BCUT2D eigenvalue weighted by Crippen LogP contribution is -2.30. The van der Waals surface area contributed by atoms with E-state index < -0.39 is 53.9 Å². The number of allylic oxidation sites excluding steroid dienone is 1. The molecule has 0 saturated heterocycles. The van der Waals surface area contributed by atoms with Gasteiger partial charge in [-0.3, -0.25) is 24.0 Å². The molecule has 3 unspecified atom stereocenters. The summed E-state index contributed by atoms with van der Waals surface area (Å²) in [4.78, 5) is 67.0. The molecule has 5 aromatic carbocycles. The van der Waals surface area contributed by atoms with Gasteiger partial charge in [0.05, 0.1) is 42.9 Å². The predicted molar refractivity (Wildman–Crippen MR) is 198 cm³/mol. The van der Waals surface area contributed by atoms with Crippen molar-refractivity contribution >= 4 is 73.1 Å². The number of aliphatic hydroxyl groups excluding tert-OH is 2. The number of aliphatic hydroxyl groups is 2. The van der Waals surface area contributed by atoms with Crippen LogP contribution in [-0.4, -0.2) is 52.0 Å². The largest absolute Gasteiger partial charge is 0.504 e. The second kappa shape index (κ2) is 13.3. The molecule has 272 valence electrons. The number of Topliss-reactive ketones (excluding diaryl/α,β-unsaturated/α-hetero) is 1. The lowest BCUT2D eigenvalue weighted by Gasteiger charge is -2.27. The number of phenolic OH excluding ortho intramolecular Hbond substituents is 1. The molecular formula is C40H41NO11. The summed E-state index contributed by atoms with van der Waals surface area (Å²) in [5.41, 5.74) is 0.685. The number of phenols is 1. The number of benzene rings is 5. The molecule has 0 bridgehead atoms. The van der Waals surface area contributed by atoms with Crippen molar-refractivity contribution in [3.63, 3.8) is 0 Å². The average molecular weight is 712 g/mol. The number of nitrogens with one attached hydrogen (secondary N) is 1. The van der Waals surface area contributed by atoms with Crippen LogP contribution in [0.5, 0.6) is 11.5 Å². The molecule has 0 heterocycles. The van der Waals surface area contributed by atoms with Crippen molar-refractivity contribution in [3.05, 3.63) is 66.0 Å². The van der Waals surface area contributed by atoms with Gasteiger partial charge in [0, 0.05) is 33.5 Å². The first-order valence-electron chi connectivity index (χ1n) is 17.1. The third-order valence-electron chi connectivity index (χ3n) is 10.6. The van der Waals surface area contributed by atoms with E-state index in [4.69, 9.17) is 9.47 Å². The van der Waals surface area contributed by atoms with Gasteiger partial charge in [0.15, 0.2) is 28.6 Å². The van der Waals surface area contributed by atoms with E-state index in [0.29, 0.717) is 32.7 Å². The minimum absolute atomic E-state index is 0.0909. The van der Waals surface area contributed by atoms with Crippen LogP contribution in [0, 0.1) is 17.8 Å². The Bertz CT molecular complexity index is 2470. The normalized spacial score (nSPS) is 15.5. The summed E-state index contributed by atoms with van der Waals surface area (Å²) in [6.07, 6.45) is 0.568. The van der Waals surface area contributed by atoms with Crippen molar-refractivity contribution in [3.8, 4) is 11.5 Å². The van der Waals surface area contributed by atoms with Gasteiger partial charge in [-0.25, -0.2) is 0 Å². The van der Waals surface area contributed by atoms with E-state index >= 15 is 4.79 Å². The molecule has 5 N–H and O–H groups in total. The molecule has 0 radical (unpaired) electrons. The van der Waals surface area contributed by atoms with Gasteiger partial charge in [0.1, 0.15) is 5.78 Å². The van der Waals surface area contributed by atoms with Gasteiger partial charge in [-0.15, -0.1) is 0 Å². The number of ketones is 1. The Morgan fingerprint density at radius 3 is 2.04 bits per heavy atom. The molecule has 6 rings (SSSR count). The van der Waals surface area contributed by atoms with Crippen LogP contribution in [0.3, 0.4) is 0 Å². The molecule has 3 atom stereocenters. The zero-order valence-electron chi connectivity index (χ0n) is 30.0. The maximum absolute atomic E-state index is 15.2. The minimum Gasteiger partial charge on any atom is -0.504 e. The fraction of sp³-hybridized carbons (Fsp3) is 0.375. The molecular weight excluding hydrogens is 670 g/mol. The van der Waals surface area contributed by atoms with Crippen LogP contribution in [-0.2, 0) is 38.8 Å². The van der Waals surface area contributed by atoms with Gasteiger partial charge >= 0.3 is 5.97 Å². The number of anilines is 1. The van der Waals surface area contributed by atoms with Gasteiger partial charge in [0.25, 0.3) is 6.47 Å². The number of hydrogen-bond acceptors (Lipinski definition) is 11. The van der Waals surface area contributed by atoms with Crippen molar-refractivity contribution in [2.45, 2.75) is 73.3 Å². The lowest BCUT2D eigenvalue weighted by molar-refractivity contribution is -0.143. The van der Waals surface area contributed by atoms with Gasteiger partial charge in [-0.1, -0.05) is 39.3 Å². The topological polar surface area (TPSA) is 197 Å². The van der Waals surface area contributed by atoms with Crippen LogP contribution < -0.4 is 20.9 Å². The number of aliphatic carboxylic acids is 1. The van der Waals surface area contributed by atoms with E-state index in [1.54, 1.807) is 46.8 Å². The zero-order chi connectivity index (χ0) is 38.1. The zero-order valence-corrected chi connectivity index (χ0v) is 30.0. The SMILES string of the molecule is COc1c(O)c2c(=O)cc(CO)c3c4c(CO)cc(NC(OC=O)C(C)C)c5c(=O)c(CC(C(=O)O)C(C)C)c6c(c(c1C(C(C)=O)C(C)=C6)c23)c54. The summed E-state index contributed by atoms with van der Waals surface area (Å²) in [6, 6.07) is 2.73. The van der Waals surface area contributed by atoms with Crippen LogP contribution in [0.4, 0.5) is 5.69 Å². The van der Waals surface area contributed by atoms with Gasteiger partial charge in [-0.05, 0) is 76.6 Å². The molecule has 12 heteroatoms. The first-order chi connectivity index (χ1) is 24.6. The molecule has 1 aliphatic rings. The number of aromatic hydroxyl groups is 1. The summed E-state index contributed by atoms with van der Waals surface area (Å²) in [6.45, 7) is 9.27. The molecule has 1 aliphatic carbocycles. The van der Waals surface area contributed by atoms with Crippen LogP contribution in [0.15, 0.2) is 27.3 Å². The molecule has 52 heavy (non-hydrogen) atoms. The summed E-state index contributed by atoms with van der Waals surface area (Å²) in [7, 11) is 1.31. The molecule has 5 aromatic rings. The highest BCUT2D eigenvalue weighted by Gasteiger charge is 2.38. The fourth-order valence-corrected chi connectivity index (χ4v) is 8.23. The third-order valence-corrected chi connectivity index (χ3v) is 10.6. The monoisotopic (exact) mass is 711 g/mol. The number of carboxylic acids is 1. The average Bonchev–Trinajstić information content (AvgIpc) is 3.21. The quantitative estimate of drug-likeness (QED) is 0.0467. The van der Waals surface area contributed by atoms with Crippen LogP contribution in [0.25, 0.3) is 49.2 Å². The number of carbonyl (C=O) groups excluding carboxylic acids is 2. The Morgan fingerprint density at radius 2 is 1.52 bits per heavy atom. The van der Waals surface area contributed by atoms with Gasteiger partial charge in [-0.2, -0.15) is 0 Å². The fourth-order valence-electron chi connectivity index (χ4n) is 8.23. The second-order valence-electron chi connectivity index (χ2n) is 14.3. The van der Waals surface area contributed by atoms with Crippen molar-refractivity contribution in [2.75, 3.05) is 12.4 Å². The minimum atomic E-state index is -1.11. The Kier molecular flexibility index (Phi) is 9.35. The van der Waals surface area contributed by atoms with E-state index in [2.05, 4.69) is 5.32 Å². The predicted octanol–water partition coefficient (Wildman–Crippen LogP) is 5.15. The maximum Gasteiger partial charge on any atom is 0.307 e. The Hall–Kier alpha value is -5.33. The first kappa shape index (κ1) is 36.5. The number of carbonyl (C=O) groups is 3. The van der Waals surface area contributed by atoms with E-state index in [1.165, 1.54) is 20.1 Å². The van der Waals surface area contributed by atoms with Crippen LogP contribution >= 0.6 is 0 Å². The molecule has 0 fully saturated rings. The number of rotatable bonds is 13. The molecule has 0 saturated carbocycles. The number of hydrogen-bond donors (Lipinski definition) is 5. The van der Waals surface area contributed by atoms with Crippen LogP contribution in [0.2, 0.25) is 0 Å². The Balaban J connectivity index is 2.07. The molecule has 0 amide bonds. The highest BCUT2D eigenvalue weighted by molar-refractivity contribution is 6.39. The Labute approximate surface area is 298 Å². The first-order valence-corrected chi connectivity index (χ1v) is 17.1. The highest BCUT2D eigenvalue weighted by Crippen LogP contribution is 2.55. The van der Waals surface area contributed by atoms with Crippen molar-refractivity contribution in [2.24, 2.45) is 17.8 Å². The second-order valence-corrected chi connectivity index (χ2v) is 14.3. The maximum atomic E-state index is 15.2. The van der Waals surface area contributed by atoms with Crippen molar-refractivity contribution in [1.82, 2.24) is 0 Å². The summed E-state index contributed by atoms with van der Waals surface area (Å²) >= 11 is 0. The smallest absolute Gasteiger partial charge is 0.307 e.